The first-order chi connectivity index (χ1) is 31.2. The molecule has 4 amide bonds. The number of hydrogen-bond donors (Lipinski definition) is 3. The summed E-state index contributed by atoms with van der Waals surface area (Å²) in [5.74, 6) is -1.19. The van der Waals surface area contributed by atoms with Gasteiger partial charge in [0, 0.05) is 90.1 Å². The van der Waals surface area contributed by atoms with Crippen LogP contribution in [0.3, 0.4) is 0 Å². The van der Waals surface area contributed by atoms with Gasteiger partial charge in [0.1, 0.15) is 5.54 Å². The first-order valence-electron chi connectivity index (χ1n) is 21.6. The van der Waals surface area contributed by atoms with Crippen molar-refractivity contribution in [1.82, 2.24) is 28.9 Å². The molecule has 2 saturated carbocycles. The zero-order valence-electron chi connectivity index (χ0n) is 33.7. The molecule has 65 heavy (non-hydrogen) atoms. The Kier molecular flexibility index (Phi) is 6.57. The number of rotatable bonds is 0. The van der Waals surface area contributed by atoms with E-state index in [0.717, 1.165) is 93.6 Å². The monoisotopic (exact) mass is 852 g/mol. The molecule has 4 aromatic heterocycles. The van der Waals surface area contributed by atoms with Crippen LogP contribution in [0.1, 0.15) is 98.7 Å². The van der Waals surface area contributed by atoms with Gasteiger partial charge in [0.15, 0.2) is 5.78 Å². The van der Waals surface area contributed by atoms with Crippen LogP contribution in [-0.2, 0) is 4.79 Å². The fraction of sp³-hybridized carbons (Fsp3) is 0.192. The van der Waals surface area contributed by atoms with Crippen molar-refractivity contribution < 1.29 is 24.0 Å². The average Bonchev–Trinajstić information content (AvgIpc) is 4.17. The number of amides is 4. The molecule has 5 atom stereocenters. The summed E-state index contributed by atoms with van der Waals surface area (Å²) in [7, 11) is 0. The quantitative estimate of drug-likeness (QED) is 0.128. The first kappa shape index (κ1) is 36.4. The normalized spacial score (nSPS) is 23.2. The second kappa shape index (κ2) is 11.7. The lowest BCUT2D eigenvalue weighted by Gasteiger charge is -2.27. The Labute approximate surface area is 367 Å². The van der Waals surface area contributed by atoms with Crippen molar-refractivity contribution in [2.24, 2.45) is 5.73 Å². The third kappa shape index (κ3) is 3.99. The van der Waals surface area contributed by atoms with Crippen LogP contribution in [0.5, 0.6) is 0 Å². The van der Waals surface area contributed by atoms with E-state index in [-0.39, 0.29) is 61.0 Å². The number of Topliss-reactive ketones (excluding diaryl/α,β-unsaturated/α-hetero) is 1. The van der Waals surface area contributed by atoms with Crippen LogP contribution in [0, 0.1) is 11.3 Å². The number of carbonyl (C=O) groups is 5. The van der Waals surface area contributed by atoms with Gasteiger partial charge in [-0.25, -0.2) is 0 Å². The predicted octanol–water partition coefficient (Wildman–Crippen LogP) is 8.78. The number of para-hydroxylation sites is 4. The maximum atomic E-state index is 13.2. The van der Waals surface area contributed by atoms with Crippen LogP contribution in [0.15, 0.2) is 97.1 Å². The fourth-order valence-corrected chi connectivity index (χ4v) is 13.3. The minimum Gasteiger partial charge on any atom is -0.335 e. The Morgan fingerprint density at radius 1 is 0.523 bits per heavy atom. The smallest absolute Gasteiger partial charge is 0.259 e. The molecule has 4 aliphatic heterocycles. The van der Waals surface area contributed by atoms with Crippen molar-refractivity contribution in [2.75, 3.05) is 0 Å². The largest absolute Gasteiger partial charge is 0.335 e. The highest BCUT2D eigenvalue weighted by atomic mass is 16.2. The van der Waals surface area contributed by atoms with Gasteiger partial charge in [0.2, 0.25) is 0 Å². The lowest BCUT2D eigenvalue weighted by molar-refractivity contribution is -0.120. The van der Waals surface area contributed by atoms with Gasteiger partial charge in [0.25, 0.3) is 23.6 Å². The summed E-state index contributed by atoms with van der Waals surface area (Å²) in [6.45, 7) is 0. The Morgan fingerprint density at radius 2 is 0.892 bits per heavy atom. The fourth-order valence-electron chi connectivity index (χ4n) is 13.3. The van der Waals surface area contributed by atoms with Crippen molar-refractivity contribution in [1.29, 1.82) is 5.26 Å². The third-order valence-corrected chi connectivity index (χ3v) is 15.5. The number of hydrogen-bond acceptors (Lipinski definition) is 7. The highest BCUT2D eigenvalue weighted by molar-refractivity contribution is 6.41. The van der Waals surface area contributed by atoms with Crippen LogP contribution in [0.25, 0.3) is 87.2 Å². The number of imide groups is 2. The highest BCUT2D eigenvalue weighted by Crippen LogP contribution is 2.56. The van der Waals surface area contributed by atoms with Crippen molar-refractivity contribution in [3.63, 3.8) is 0 Å². The summed E-state index contributed by atoms with van der Waals surface area (Å²) < 4.78 is 8.89. The summed E-state index contributed by atoms with van der Waals surface area (Å²) in [5, 5.41) is 22.1. The summed E-state index contributed by atoms with van der Waals surface area (Å²) >= 11 is 0. The molecule has 10 aromatic rings. The molecule has 13 nitrogen and oxygen atoms in total. The molecule has 0 spiro atoms. The van der Waals surface area contributed by atoms with E-state index < -0.39 is 5.54 Å². The molecule has 6 aliphatic rings. The molecule has 2 aliphatic carbocycles. The number of nitriles is 1. The van der Waals surface area contributed by atoms with Crippen molar-refractivity contribution in [2.45, 2.75) is 62.8 Å². The topological polar surface area (TPSA) is 179 Å². The second-order valence-electron chi connectivity index (χ2n) is 18.3. The molecular formula is C52H36N8O5. The molecule has 4 unspecified atom stereocenters. The third-order valence-electron chi connectivity index (χ3n) is 15.5. The Morgan fingerprint density at radius 3 is 1.34 bits per heavy atom. The lowest BCUT2D eigenvalue weighted by Crippen LogP contribution is -2.43. The summed E-state index contributed by atoms with van der Waals surface area (Å²) in [5.41, 5.74) is 15.1. The van der Waals surface area contributed by atoms with Crippen LogP contribution < -0.4 is 16.4 Å². The minimum atomic E-state index is -1.04. The molecule has 0 radical (unpaired) electrons. The van der Waals surface area contributed by atoms with Gasteiger partial charge in [-0.3, -0.25) is 34.6 Å². The Bertz CT molecular complexity index is 4100. The first-order valence-corrected chi connectivity index (χ1v) is 21.6. The highest BCUT2D eigenvalue weighted by Gasteiger charge is 2.52. The molecule has 4 bridgehead atoms. The van der Waals surface area contributed by atoms with Gasteiger partial charge >= 0.3 is 0 Å². The lowest BCUT2D eigenvalue weighted by atomic mass is 9.94. The predicted molar refractivity (Wildman–Crippen MR) is 247 cm³/mol. The molecule has 4 N–H and O–H groups in total. The molecule has 2 fully saturated rings. The zero-order valence-corrected chi connectivity index (χ0v) is 33.7. The standard InChI is InChI=1S/C26H17N5O2.C25H15N3O3.CH4/c27-11-26(28)10-12-9-17(26)31-16-8-4-2-6-14(16)19-21-20(24(32)29-25(21)33)18-13-5-1-3-7-15(13)30(12)22(18)23(19)31;29-17-10-11-9-16(17)28-15-8-4-2-6-13(15)19-21-20(24(30)26-25(21)31)18-12-5-1-3-7-14(12)27(11)22(18)23(19)28;/h1-8,12,17H,9-10,28H2,(H,29,32,33);1-8,11,16H,9-10H2,(H,26,30,31);1H4/t12?,17?,26-;;/m1../s1. The number of carbonyl (C=O) groups excluding carboxylic acids is 5. The Balaban J connectivity index is 0.000000123. The van der Waals surface area contributed by atoms with Crippen LogP contribution in [0.4, 0.5) is 0 Å². The van der Waals surface area contributed by atoms with Crippen molar-refractivity contribution in [3.8, 4) is 6.07 Å². The van der Waals surface area contributed by atoms with Crippen molar-refractivity contribution >= 4 is 117 Å². The van der Waals surface area contributed by atoms with E-state index in [1.54, 1.807) is 0 Å². The van der Waals surface area contributed by atoms with Gasteiger partial charge in [-0.15, -0.1) is 0 Å². The summed E-state index contributed by atoms with van der Waals surface area (Å²) in [6, 6.07) is 33.8. The zero-order chi connectivity index (χ0) is 42.8. The molecule has 16 rings (SSSR count). The SMILES string of the molecule is C.N#C[C@]1(N)CC2CC1n1c3ccccc3c3c4c(c5c6ccccc6n2c5c31)C(=O)NC4=O.O=C1NC(=O)c2c1c1c3ccccc3n3c1c1c2c2ccccc2n1C1CC3CC1=O. The summed E-state index contributed by atoms with van der Waals surface area (Å²) in [4.78, 5) is 65.5. The maximum absolute atomic E-state index is 13.2. The van der Waals surface area contributed by atoms with E-state index in [0.29, 0.717) is 41.5 Å². The molecule has 8 heterocycles. The van der Waals surface area contributed by atoms with Gasteiger partial charge in [-0.05, 0) is 37.1 Å². The number of nitrogens with zero attached hydrogens (tertiary/aromatic N) is 5. The molecule has 6 aromatic carbocycles. The number of fused-ring (bicyclic) bond motifs is 26. The molecule has 314 valence electrons. The maximum Gasteiger partial charge on any atom is 0.259 e. The molecule has 13 heteroatoms. The Hall–Kier alpha value is -8.08. The van der Waals surface area contributed by atoms with Gasteiger partial charge < -0.3 is 24.0 Å². The van der Waals surface area contributed by atoms with Crippen LogP contribution in [-0.4, -0.2) is 53.2 Å². The van der Waals surface area contributed by atoms with E-state index in [1.165, 1.54) is 0 Å². The number of benzene rings is 6. The van der Waals surface area contributed by atoms with Gasteiger partial charge in [-0.2, -0.15) is 5.26 Å². The van der Waals surface area contributed by atoms with E-state index in [2.05, 4.69) is 47.1 Å². The second-order valence-corrected chi connectivity index (χ2v) is 18.3. The average molecular weight is 853 g/mol. The summed E-state index contributed by atoms with van der Waals surface area (Å²) in [6.07, 6.45) is 2.44. The number of ketones is 1. The molecular weight excluding hydrogens is 817 g/mol. The number of aromatic nitrogens is 4. The van der Waals surface area contributed by atoms with E-state index >= 15 is 0 Å². The van der Waals surface area contributed by atoms with Crippen LogP contribution >= 0.6 is 0 Å². The minimum absolute atomic E-state index is 0. The van der Waals surface area contributed by atoms with E-state index in [4.69, 9.17) is 5.73 Å². The van der Waals surface area contributed by atoms with E-state index in [1.807, 2.05) is 84.9 Å². The number of nitrogens with two attached hydrogens (primary N) is 1. The van der Waals surface area contributed by atoms with Gasteiger partial charge in [0.05, 0.1) is 62.5 Å². The van der Waals surface area contributed by atoms with Crippen molar-refractivity contribution in [3.05, 3.63) is 119 Å². The van der Waals surface area contributed by atoms with Crippen LogP contribution in [0.2, 0.25) is 0 Å². The van der Waals surface area contributed by atoms with Gasteiger partial charge in [-0.1, -0.05) is 80.2 Å². The number of nitrogens with one attached hydrogen (secondary N) is 2. The molecule has 0 saturated heterocycles. The van der Waals surface area contributed by atoms with E-state index in [9.17, 15) is 29.2 Å².